The average molecular weight is 170 g/mol. The van der Waals surface area contributed by atoms with Gasteiger partial charge in [-0.25, -0.2) is 0 Å². The van der Waals surface area contributed by atoms with Crippen molar-refractivity contribution in [3.05, 3.63) is 0 Å². The van der Waals surface area contributed by atoms with Crippen molar-refractivity contribution in [2.45, 2.75) is 33.1 Å². The Kier molecular flexibility index (Phi) is 3.53. The molecule has 0 bridgehead atoms. The van der Waals surface area contributed by atoms with Gasteiger partial charge in [-0.15, -0.1) is 0 Å². The first kappa shape index (κ1) is 10.0. The molecule has 2 heteroatoms. The zero-order valence-electron chi connectivity index (χ0n) is 8.40. The summed E-state index contributed by atoms with van der Waals surface area (Å²) in [6, 6.07) is 0. The lowest BCUT2D eigenvalue weighted by Gasteiger charge is -2.12. The normalized spacial score (nSPS) is 22.2. The van der Waals surface area contributed by atoms with Gasteiger partial charge in [-0.3, -0.25) is 0 Å². The molecule has 0 amide bonds. The van der Waals surface area contributed by atoms with Crippen LogP contribution in [-0.2, 0) is 0 Å². The van der Waals surface area contributed by atoms with Crippen molar-refractivity contribution in [1.82, 2.24) is 5.32 Å². The minimum atomic E-state index is 0.645. The number of nitrogens with one attached hydrogen (secondary N) is 1. The molecule has 1 aliphatic rings. The number of hydrogen-bond acceptors (Lipinski definition) is 2. The molecular formula is C10H22N2. The minimum absolute atomic E-state index is 0.645. The zero-order chi connectivity index (χ0) is 9.03. The maximum atomic E-state index is 5.52. The van der Waals surface area contributed by atoms with Gasteiger partial charge >= 0.3 is 0 Å². The van der Waals surface area contributed by atoms with Crippen LogP contribution in [0.25, 0.3) is 0 Å². The van der Waals surface area contributed by atoms with Gasteiger partial charge in [0.2, 0.25) is 0 Å². The van der Waals surface area contributed by atoms with Crippen molar-refractivity contribution in [3.63, 3.8) is 0 Å². The molecule has 0 aliphatic heterocycles. The zero-order valence-corrected chi connectivity index (χ0v) is 8.40. The SMILES string of the molecule is CC(CN)CCNCC1(C)CC1. The van der Waals surface area contributed by atoms with Crippen LogP contribution in [0, 0.1) is 11.3 Å². The van der Waals surface area contributed by atoms with E-state index in [4.69, 9.17) is 5.73 Å². The van der Waals surface area contributed by atoms with Crippen LogP contribution in [0.2, 0.25) is 0 Å². The molecule has 12 heavy (non-hydrogen) atoms. The second-order valence-electron chi connectivity index (χ2n) is 4.62. The third-order valence-electron chi connectivity index (χ3n) is 2.87. The Morgan fingerprint density at radius 2 is 2.17 bits per heavy atom. The predicted molar refractivity (Wildman–Crippen MR) is 53.0 cm³/mol. The van der Waals surface area contributed by atoms with E-state index in [0.717, 1.165) is 13.1 Å². The van der Waals surface area contributed by atoms with Crippen molar-refractivity contribution in [2.24, 2.45) is 17.1 Å². The Hall–Kier alpha value is -0.0800. The topological polar surface area (TPSA) is 38.0 Å². The van der Waals surface area contributed by atoms with Crippen LogP contribution in [0.5, 0.6) is 0 Å². The number of hydrogen-bond donors (Lipinski definition) is 2. The van der Waals surface area contributed by atoms with Crippen LogP contribution >= 0.6 is 0 Å². The van der Waals surface area contributed by atoms with E-state index in [-0.39, 0.29) is 0 Å². The van der Waals surface area contributed by atoms with Gasteiger partial charge in [0.25, 0.3) is 0 Å². The molecule has 0 aromatic rings. The molecule has 1 saturated carbocycles. The first-order valence-electron chi connectivity index (χ1n) is 5.07. The van der Waals surface area contributed by atoms with Gasteiger partial charge < -0.3 is 11.1 Å². The fourth-order valence-corrected chi connectivity index (χ4v) is 1.25. The first-order valence-corrected chi connectivity index (χ1v) is 5.07. The molecule has 0 spiro atoms. The van der Waals surface area contributed by atoms with Crippen LogP contribution in [-0.4, -0.2) is 19.6 Å². The third kappa shape index (κ3) is 3.55. The van der Waals surface area contributed by atoms with Gasteiger partial charge in [0.15, 0.2) is 0 Å². The molecule has 1 unspecified atom stereocenters. The molecule has 1 aliphatic carbocycles. The van der Waals surface area contributed by atoms with Crippen LogP contribution in [0.15, 0.2) is 0 Å². The maximum absolute atomic E-state index is 5.52. The summed E-state index contributed by atoms with van der Waals surface area (Å²) in [5, 5.41) is 3.50. The summed E-state index contributed by atoms with van der Waals surface area (Å²) >= 11 is 0. The van der Waals surface area contributed by atoms with E-state index in [2.05, 4.69) is 19.2 Å². The molecule has 3 N–H and O–H groups in total. The van der Waals surface area contributed by atoms with E-state index in [0.29, 0.717) is 11.3 Å². The largest absolute Gasteiger partial charge is 0.330 e. The van der Waals surface area contributed by atoms with E-state index < -0.39 is 0 Å². The van der Waals surface area contributed by atoms with Crippen LogP contribution < -0.4 is 11.1 Å². The molecule has 0 saturated heterocycles. The smallest absolute Gasteiger partial charge is 0.000517 e. The Morgan fingerprint density at radius 1 is 1.50 bits per heavy atom. The minimum Gasteiger partial charge on any atom is -0.330 e. The standard InChI is InChI=1S/C10H22N2/c1-9(7-11)3-6-12-8-10(2)4-5-10/h9,12H,3-8,11H2,1-2H3. The first-order chi connectivity index (χ1) is 5.66. The molecule has 1 fully saturated rings. The highest BCUT2D eigenvalue weighted by atomic mass is 14.9. The van der Waals surface area contributed by atoms with E-state index in [9.17, 15) is 0 Å². The van der Waals surface area contributed by atoms with Gasteiger partial charge in [0.05, 0.1) is 0 Å². The van der Waals surface area contributed by atoms with Crippen LogP contribution in [0.3, 0.4) is 0 Å². The summed E-state index contributed by atoms with van der Waals surface area (Å²) in [6.07, 6.45) is 4.03. The van der Waals surface area contributed by atoms with E-state index >= 15 is 0 Å². The van der Waals surface area contributed by atoms with Crippen LogP contribution in [0.4, 0.5) is 0 Å². The molecule has 0 aromatic carbocycles. The highest BCUT2D eigenvalue weighted by Crippen LogP contribution is 2.43. The van der Waals surface area contributed by atoms with Crippen molar-refractivity contribution < 1.29 is 0 Å². The molecule has 1 atom stereocenters. The number of rotatable bonds is 6. The average Bonchev–Trinajstić information content (AvgIpc) is 2.78. The van der Waals surface area contributed by atoms with Gasteiger partial charge in [-0.1, -0.05) is 13.8 Å². The summed E-state index contributed by atoms with van der Waals surface area (Å²) < 4.78 is 0. The lowest BCUT2D eigenvalue weighted by molar-refractivity contribution is 0.458. The Labute approximate surface area is 75.9 Å². The molecule has 0 heterocycles. The van der Waals surface area contributed by atoms with Gasteiger partial charge in [0, 0.05) is 6.54 Å². The number of nitrogens with two attached hydrogens (primary N) is 1. The quantitative estimate of drug-likeness (QED) is 0.591. The maximum Gasteiger partial charge on any atom is 0.000517 e. The Bertz CT molecular complexity index is 130. The van der Waals surface area contributed by atoms with Crippen molar-refractivity contribution in [2.75, 3.05) is 19.6 Å². The summed E-state index contributed by atoms with van der Waals surface area (Å²) in [4.78, 5) is 0. The van der Waals surface area contributed by atoms with Crippen molar-refractivity contribution in [1.29, 1.82) is 0 Å². The lowest BCUT2D eigenvalue weighted by Crippen LogP contribution is -2.25. The third-order valence-corrected chi connectivity index (χ3v) is 2.87. The summed E-state index contributed by atoms with van der Waals surface area (Å²) in [5.74, 6) is 0.671. The van der Waals surface area contributed by atoms with Crippen LogP contribution in [0.1, 0.15) is 33.1 Å². The molecule has 72 valence electrons. The predicted octanol–water partition coefficient (Wildman–Crippen LogP) is 1.36. The Morgan fingerprint density at radius 3 is 2.67 bits per heavy atom. The summed E-state index contributed by atoms with van der Waals surface area (Å²) in [6.45, 7) is 7.71. The van der Waals surface area contributed by atoms with Gasteiger partial charge in [0.1, 0.15) is 0 Å². The monoisotopic (exact) mass is 170 g/mol. The second kappa shape index (κ2) is 4.24. The molecule has 0 aromatic heterocycles. The molecule has 0 radical (unpaired) electrons. The highest BCUT2D eigenvalue weighted by Gasteiger charge is 2.36. The highest BCUT2D eigenvalue weighted by molar-refractivity contribution is 4.90. The van der Waals surface area contributed by atoms with E-state index in [1.54, 1.807) is 0 Å². The fraction of sp³-hybridized carbons (Fsp3) is 1.00. The lowest BCUT2D eigenvalue weighted by atomic mass is 10.1. The summed E-state index contributed by atoms with van der Waals surface area (Å²) in [5.41, 5.74) is 6.17. The molecular weight excluding hydrogens is 148 g/mol. The van der Waals surface area contributed by atoms with Crippen molar-refractivity contribution >= 4 is 0 Å². The van der Waals surface area contributed by atoms with E-state index in [1.807, 2.05) is 0 Å². The van der Waals surface area contributed by atoms with Gasteiger partial charge in [-0.2, -0.15) is 0 Å². The summed E-state index contributed by atoms with van der Waals surface area (Å²) in [7, 11) is 0. The fourth-order valence-electron chi connectivity index (χ4n) is 1.25. The van der Waals surface area contributed by atoms with Crippen molar-refractivity contribution in [3.8, 4) is 0 Å². The molecule has 1 rings (SSSR count). The van der Waals surface area contributed by atoms with Gasteiger partial charge in [-0.05, 0) is 43.7 Å². The second-order valence-corrected chi connectivity index (χ2v) is 4.62. The Balaban J connectivity index is 1.89. The van der Waals surface area contributed by atoms with E-state index in [1.165, 1.54) is 25.8 Å². The molecule has 2 nitrogen and oxygen atoms in total.